The number of likely N-dealkylation sites (N-methyl/N-ethyl adjacent to an activating group) is 1. The van der Waals surface area contributed by atoms with Crippen molar-refractivity contribution in [2.24, 2.45) is 0 Å². The molecule has 7 heteroatoms. The van der Waals surface area contributed by atoms with Crippen LogP contribution >= 0.6 is 35.6 Å². The first-order valence-corrected chi connectivity index (χ1v) is 6.75. The molecule has 4 nitrogen and oxygen atoms in total. The van der Waals surface area contributed by atoms with E-state index in [-0.39, 0.29) is 24.4 Å². The largest absolute Gasteiger partial charge is 0.481 e. The van der Waals surface area contributed by atoms with Crippen LogP contribution in [0, 0.1) is 0 Å². The fourth-order valence-corrected chi connectivity index (χ4v) is 1.86. The van der Waals surface area contributed by atoms with Gasteiger partial charge in [0.2, 0.25) is 0 Å². The van der Waals surface area contributed by atoms with Crippen LogP contribution in [0.25, 0.3) is 0 Å². The quantitative estimate of drug-likeness (QED) is 0.836. The number of hydrogen-bond donors (Lipinski definition) is 2. The van der Waals surface area contributed by atoms with Crippen molar-refractivity contribution in [2.45, 2.75) is 26.0 Å². The second-order valence-corrected chi connectivity index (χ2v) is 5.17. The van der Waals surface area contributed by atoms with E-state index in [1.807, 2.05) is 14.0 Å². The van der Waals surface area contributed by atoms with Crippen LogP contribution in [0.15, 0.2) is 18.2 Å². The van der Waals surface area contributed by atoms with E-state index in [2.05, 4.69) is 10.6 Å². The number of ether oxygens (including phenoxy) is 1. The van der Waals surface area contributed by atoms with Crippen LogP contribution in [0.2, 0.25) is 10.0 Å². The fourth-order valence-electron chi connectivity index (χ4n) is 1.35. The molecule has 0 bridgehead atoms. The van der Waals surface area contributed by atoms with Gasteiger partial charge in [0.25, 0.3) is 5.91 Å². The van der Waals surface area contributed by atoms with E-state index in [9.17, 15) is 4.79 Å². The second kappa shape index (κ2) is 9.29. The first kappa shape index (κ1) is 19.3. The summed E-state index contributed by atoms with van der Waals surface area (Å²) in [5.74, 6) is 0.292. The molecule has 0 aromatic heterocycles. The number of halogens is 3. The van der Waals surface area contributed by atoms with Crippen molar-refractivity contribution in [3.8, 4) is 5.75 Å². The molecule has 20 heavy (non-hydrogen) atoms. The Kier molecular flexibility index (Phi) is 8.98. The molecule has 1 rings (SSSR count). The minimum absolute atomic E-state index is 0. The highest BCUT2D eigenvalue weighted by atomic mass is 35.5. The minimum Gasteiger partial charge on any atom is -0.481 e. The summed E-state index contributed by atoms with van der Waals surface area (Å²) in [6.07, 6.45) is -0.612. The van der Waals surface area contributed by atoms with Gasteiger partial charge in [-0.1, -0.05) is 23.2 Å². The molecule has 0 radical (unpaired) electrons. The van der Waals surface area contributed by atoms with E-state index < -0.39 is 6.10 Å². The molecule has 1 aromatic carbocycles. The predicted octanol–water partition coefficient (Wildman–Crippen LogP) is 2.91. The number of carbonyl (C=O) groups excluding carboxylic acids is 1. The standard InChI is InChI=1S/C13H18Cl2N2O2.ClH/c1-8(16-3)7-17-13(18)9(2)19-12-5-10(14)4-11(15)6-12;/h4-6,8-9,16H,7H2,1-3H3,(H,17,18);1H. The number of rotatable bonds is 6. The van der Waals surface area contributed by atoms with Gasteiger partial charge in [-0.3, -0.25) is 4.79 Å². The Morgan fingerprint density at radius 3 is 2.30 bits per heavy atom. The lowest BCUT2D eigenvalue weighted by Gasteiger charge is -2.17. The summed E-state index contributed by atoms with van der Waals surface area (Å²) in [5, 5.41) is 6.77. The van der Waals surface area contributed by atoms with Gasteiger partial charge in [-0.05, 0) is 39.1 Å². The number of benzene rings is 1. The smallest absolute Gasteiger partial charge is 0.260 e. The zero-order valence-electron chi connectivity index (χ0n) is 11.6. The van der Waals surface area contributed by atoms with Gasteiger partial charge >= 0.3 is 0 Å². The lowest BCUT2D eigenvalue weighted by molar-refractivity contribution is -0.127. The third kappa shape index (κ3) is 6.66. The molecule has 2 atom stereocenters. The van der Waals surface area contributed by atoms with Crippen LogP contribution in [0.3, 0.4) is 0 Å². The maximum atomic E-state index is 11.8. The van der Waals surface area contributed by atoms with Crippen molar-refractivity contribution < 1.29 is 9.53 Å². The van der Waals surface area contributed by atoms with Gasteiger partial charge in [-0.15, -0.1) is 12.4 Å². The van der Waals surface area contributed by atoms with Crippen LogP contribution in [0.5, 0.6) is 5.75 Å². The van der Waals surface area contributed by atoms with Crippen molar-refractivity contribution in [3.05, 3.63) is 28.2 Å². The molecule has 2 unspecified atom stereocenters. The molecule has 0 heterocycles. The van der Waals surface area contributed by atoms with Crippen molar-refractivity contribution in [2.75, 3.05) is 13.6 Å². The Hall–Kier alpha value is -0.680. The van der Waals surface area contributed by atoms with Crippen LogP contribution in [-0.2, 0) is 4.79 Å². The summed E-state index contributed by atoms with van der Waals surface area (Å²) in [4.78, 5) is 11.8. The molecule has 114 valence electrons. The Morgan fingerprint density at radius 1 is 1.25 bits per heavy atom. The zero-order valence-corrected chi connectivity index (χ0v) is 13.9. The average Bonchev–Trinajstić information content (AvgIpc) is 2.33. The number of nitrogens with one attached hydrogen (secondary N) is 2. The highest BCUT2D eigenvalue weighted by Crippen LogP contribution is 2.24. The third-order valence-electron chi connectivity index (χ3n) is 2.59. The van der Waals surface area contributed by atoms with E-state index in [4.69, 9.17) is 27.9 Å². The van der Waals surface area contributed by atoms with Crippen LogP contribution in [0.4, 0.5) is 0 Å². The Bertz CT molecular complexity index is 423. The van der Waals surface area contributed by atoms with Gasteiger partial charge in [-0.25, -0.2) is 0 Å². The summed E-state index contributed by atoms with van der Waals surface area (Å²) in [6, 6.07) is 5.05. The summed E-state index contributed by atoms with van der Waals surface area (Å²) in [6.45, 7) is 4.19. The molecular formula is C13H19Cl3N2O2. The SMILES string of the molecule is CNC(C)CNC(=O)C(C)Oc1cc(Cl)cc(Cl)c1.Cl. The average molecular weight is 342 g/mol. The minimum atomic E-state index is -0.612. The van der Waals surface area contributed by atoms with E-state index >= 15 is 0 Å². The molecule has 1 aromatic rings. The lowest BCUT2D eigenvalue weighted by atomic mass is 10.3. The number of hydrogen-bond acceptors (Lipinski definition) is 3. The third-order valence-corrected chi connectivity index (χ3v) is 3.03. The monoisotopic (exact) mass is 340 g/mol. The molecule has 0 aliphatic carbocycles. The van der Waals surface area contributed by atoms with Gasteiger partial charge in [0, 0.05) is 22.6 Å². The van der Waals surface area contributed by atoms with Crippen LogP contribution in [-0.4, -0.2) is 31.6 Å². The molecule has 2 N–H and O–H groups in total. The summed E-state index contributed by atoms with van der Waals surface area (Å²) < 4.78 is 5.50. The van der Waals surface area contributed by atoms with Crippen LogP contribution < -0.4 is 15.4 Å². The highest BCUT2D eigenvalue weighted by Gasteiger charge is 2.15. The van der Waals surface area contributed by atoms with Crippen LogP contribution in [0.1, 0.15) is 13.8 Å². The van der Waals surface area contributed by atoms with Gasteiger partial charge in [-0.2, -0.15) is 0 Å². The zero-order chi connectivity index (χ0) is 14.4. The van der Waals surface area contributed by atoms with Gasteiger partial charge < -0.3 is 15.4 Å². The molecule has 0 aliphatic rings. The molecule has 0 saturated heterocycles. The fraction of sp³-hybridized carbons (Fsp3) is 0.462. The Balaban J connectivity index is 0.00000361. The van der Waals surface area contributed by atoms with Crippen molar-refractivity contribution in [1.82, 2.24) is 10.6 Å². The number of amides is 1. The molecule has 1 amide bonds. The van der Waals surface area contributed by atoms with Gasteiger partial charge in [0.15, 0.2) is 6.10 Å². The normalized spacial score (nSPS) is 13.1. The molecule has 0 aliphatic heterocycles. The summed E-state index contributed by atoms with van der Waals surface area (Å²) in [5.41, 5.74) is 0. The lowest BCUT2D eigenvalue weighted by Crippen LogP contribution is -2.42. The Labute approximate surface area is 135 Å². The van der Waals surface area contributed by atoms with E-state index in [1.54, 1.807) is 25.1 Å². The molecular weight excluding hydrogens is 323 g/mol. The van der Waals surface area contributed by atoms with E-state index in [0.29, 0.717) is 22.3 Å². The summed E-state index contributed by atoms with van der Waals surface area (Å²) in [7, 11) is 1.84. The number of carbonyl (C=O) groups is 1. The van der Waals surface area contributed by atoms with E-state index in [0.717, 1.165) is 0 Å². The predicted molar refractivity (Wildman–Crippen MR) is 85.3 cm³/mol. The molecule has 0 spiro atoms. The van der Waals surface area contributed by atoms with Crippen molar-refractivity contribution >= 4 is 41.5 Å². The van der Waals surface area contributed by atoms with Gasteiger partial charge in [0.05, 0.1) is 0 Å². The second-order valence-electron chi connectivity index (χ2n) is 4.30. The maximum absolute atomic E-state index is 11.8. The maximum Gasteiger partial charge on any atom is 0.260 e. The summed E-state index contributed by atoms with van der Waals surface area (Å²) >= 11 is 11.7. The first-order chi connectivity index (χ1) is 8.92. The topological polar surface area (TPSA) is 50.4 Å². The first-order valence-electron chi connectivity index (χ1n) is 6.00. The molecule has 0 saturated carbocycles. The van der Waals surface area contributed by atoms with Crippen molar-refractivity contribution in [1.29, 1.82) is 0 Å². The van der Waals surface area contributed by atoms with Crippen molar-refractivity contribution in [3.63, 3.8) is 0 Å². The highest BCUT2D eigenvalue weighted by molar-refractivity contribution is 6.34. The van der Waals surface area contributed by atoms with E-state index in [1.165, 1.54) is 0 Å². The van der Waals surface area contributed by atoms with Gasteiger partial charge in [0.1, 0.15) is 5.75 Å². The Morgan fingerprint density at radius 2 is 1.80 bits per heavy atom. The molecule has 0 fully saturated rings.